The molecule has 5 nitrogen and oxygen atoms in total. The Hall–Kier alpha value is -8.93. The molecule has 330 valence electrons. The number of para-hydroxylation sites is 4. The highest BCUT2D eigenvalue weighted by Gasteiger charge is 2.32. The van der Waals surface area contributed by atoms with E-state index in [0.29, 0.717) is 0 Å². The van der Waals surface area contributed by atoms with E-state index in [1.54, 1.807) is 0 Å². The van der Waals surface area contributed by atoms with Crippen molar-refractivity contribution in [1.29, 1.82) is 0 Å². The highest BCUT2D eigenvalue weighted by molar-refractivity contribution is 6.22. The van der Waals surface area contributed by atoms with E-state index < -0.39 is 0 Å². The standard InChI is InChI=1S/C65H45N5/c1-3-18-42(19-4-1)55-30-17-31-56(66-55)43-20-15-23-45(40-43)69-58-33-12-8-27-49(58)52-36-37-53-50-28-9-13-34-59(50)70(65(53)64(52)69)47-25-16-24-46(41-47)67-60-35-14-10-29-54(60)62-61(67)39-38-51-48-26-7-11-32-57(48)68(63(51)62)44-21-5-2-6-22-44/h1-10,12-31,33-35,38-41H,11,32,36-37H2. The Labute approximate surface area is 405 Å². The summed E-state index contributed by atoms with van der Waals surface area (Å²) >= 11 is 0. The molecule has 0 spiro atoms. The molecule has 5 heteroatoms. The molecule has 5 heterocycles. The van der Waals surface area contributed by atoms with Gasteiger partial charge in [-0.25, -0.2) is 4.98 Å². The number of hydrogen-bond acceptors (Lipinski definition) is 1. The lowest BCUT2D eigenvalue weighted by molar-refractivity contribution is 0.890. The maximum Gasteiger partial charge on any atom is 0.0744 e. The summed E-state index contributed by atoms with van der Waals surface area (Å²) in [5, 5.41) is 6.45. The number of aryl methyl sites for hydroxylation is 2. The molecule has 0 unspecified atom stereocenters. The quantitative estimate of drug-likeness (QED) is 0.164. The van der Waals surface area contributed by atoms with Gasteiger partial charge in [-0.1, -0.05) is 146 Å². The van der Waals surface area contributed by atoms with Crippen LogP contribution in [0.1, 0.15) is 28.8 Å². The largest absolute Gasteiger partial charge is 0.312 e. The van der Waals surface area contributed by atoms with E-state index in [-0.39, 0.29) is 0 Å². The summed E-state index contributed by atoms with van der Waals surface area (Å²) in [5.74, 6) is 0. The molecule has 13 aromatic rings. The number of fused-ring (bicyclic) bond motifs is 14. The number of benzene rings is 8. The van der Waals surface area contributed by atoms with E-state index in [4.69, 9.17) is 4.98 Å². The zero-order valence-electron chi connectivity index (χ0n) is 38.4. The Balaban J connectivity index is 0.955. The van der Waals surface area contributed by atoms with Gasteiger partial charge in [0.05, 0.1) is 50.4 Å². The van der Waals surface area contributed by atoms with Crippen LogP contribution in [-0.2, 0) is 19.3 Å². The molecule has 0 atom stereocenters. The third-order valence-corrected chi connectivity index (χ3v) is 15.1. The third kappa shape index (κ3) is 5.69. The van der Waals surface area contributed by atoms with Gasteiger partial charge in [-0.3, -0.25) is 0 Å². The summed E-state index contributed by atoms with van der Waals surface area (Å²) in [6.07, 6.45) is 8.66. The van der Waals surface area contributed by atoms with Gasteiger partial charge >= 0.3 is 0 Å². The number of aromatic nitrogens is 5. The fourth-order valence-corrected chi connectivity index (χ4v) is 12.2. The summed E-state index contributed by atoms with van der Waals surface area (Å²) in [6.45, 7) is 0. The van der Waals surface area contributed by atoms with Crippen LogP contribution in [0.25, 0.3) is 117 Å². The van der Waals surface area contributed by atoms with Crippen LogP contribution in [0.5, 0.6) is 0 Å². The molecule has 0 radical (unpaired) electrons. The van der Waals surface area contributed by atoms with Crippen LogP contribution in [0.15, 0.2) is 218 Å². The zero-order chi connectivity index (χ0) is 45.9. The van der Waals surface area contributed by atoms with E-state index in [9.17, 15) is 0 Å². The summed E-state index contributed by atoms with van der Waals surface area (Å²) in [7, 11) is 0. The number of nitrogens with zero attached hydrogens (tertiary/aromatic N) is 5. The van der Waals surface area contributed by atoms with Crippen molar-refractivity contribution in [2.45, 2.75) is 25.7 Å². The molecule has 2 aliphatic carbocycles. The second-order valence-corrected chi connectivity index (χ2v) is 18.9. The second kappa shape index (κ2) is 15.3. The first-order valence-corrected chi connectivity index (χ1v) is 24.6. The van der Waals surface area contributed by atoms with Crippen LogP contribution in [0.4, 0.5) is 0 Å². The second-order valence-electron chi connectivity index (χ2n) is 18.9. The first-order chi connectivity index (χ1) is 34.8. The average Bonchev–Trinajstić information content (AvgIpc) is 4.17. The Morgan fingerprint density at radius 2 is 0.886 bits per heavy atom. The van der Waals surface area contributed by atoms with Crippen LogP contribution in [0.2, 0.25) is 0 Å². The molecule has 0 bridgehead atoms. The predicted molar refractivity (Wildman–Crippen MR) is 290 cm³/mol. The molecule has 0 saturated heterocycles. The summed E-state index contributed by atoms with van der Waals surface area (Å²) in [5.41, 5.74) is 22.8. The predicted octanol–water partition coefficient (Wildman–Crippen LogP) is 16.1. The minimum atomic E-state index is 0.954. The lowest BCUT2D eigenvalue weighted by Crippen LogP contribution is -2.10. The molecule has 70 heavy (non-hydrogen) atoms. The van der Waals surface area contributed by atoms with Gasteiger partial charge in [0.1, 0.15) is 0 Å². The molecule has 0 N–H and O–H groups in total. The van der Waals surface area contributed by atoms with Crippen LogP contribution in [0, 0.1) is 0 Å². The van der Waals surface area contributed by atoms with E-state index in [1.165, 1.54) is 94.0 Å². The van der Waals surface area contributed by atoms with Crippen LogP contribution in [0.3, 0.4) is 0 Å². The average molecular weight is 896 g/mol. The Kier molecular flexibility index (Phi) is 8.54. The zero-order valence-corrected chi connectivity index (χ0v) is 38.4. The summed E-state index contributed by atoms with van der Waals surface area (Å²) in [4.78, 5) is 5.20. The first kappa shape index (κ1) is 39.1. The first-order valence-electron chi connectivity index (χ1n) is 24.6. The lowest BCUT2D eigenvalue weighted by atomic mass is 9.92. The Morgan fingerprint density at radius 3 is 1.59 bits per heavy atom. The Morgan fingerprint density at radius 1 is 0.357 bits per heavy atom. The SMILES string of the molecule is C1=Cc2c(n(-c3ccccc3)c3c2ccc2c3c3ccccc3n2-c2cccc(-n3c4c(c5ccccc53)CCc3c-4n(-c4cccc(-c5cccc(-c6ccccc6)n5)c4)c4ccccc34)c2)CC1. The molecule has 8 aromatic carbocycles. The molecular formula is C65H45N5. The summed E-state index contributed by atoms with van der Waals surface area (Å²) < 4.78 is 10.1. The molecule has 2 aliphatic rings. The van der Waals surface area contributed by atoms with Gasteiger partial charge in [0.2, 0.25) is 0 Å². The van der Waals surface area contributed by atoms with Crippen molar-refractivity contribution >= 4 is 60.6 Å². The normalized spacial score (nSPS) is 13.1. The lowest BCUT2D eigenvalue weighted by Gasteiger charge is -2.22. The van der Waals surface area contributed by atoms with Crippen molar-refractivity contribution in [3.63, 3.8) is 0 Å². The van der Waals surface area contributed by atoms with Crippen molar-refractivity contribution in [3.05, 3.63) is 241 Å². The minimum absolute atomic E-state index is 0.954. The van der Waals surface area contributed by atoms with Gasteiger partial charge in [-0.15, -0.1) is 0 Å². The van der Waals surface area contributed by atoms with Gasteiger partial charge in [0, 0.05) is 72.1 Å². The van der Waals surface area contributed by atoms with E-state index >= 15 is 0 Å². The molecule has 5 aromatic heterocycles. The van der Waals surface area contributed by atoms with Crippen LogP contribution < -0.4 is 0 Å². The number of hydrogen-bond donors (Lipinski definition) is 0. The highest BCUT2D eigenvalue weighted by Crippen LogP contribution is 2.48. The molecule has 0 aliphatic heterocycles. The molecule has 0 fully saturated rings. The number of rotatable bonds is 6. The van der Waals surface area contributed by atoms with Gasteiger partial charge in [0.25, 0.3) is 0 Å². The van der Waals surface area contributed by atoms with Gasteiger partial charge in [-0.2, -0.15) is 0 Å². The van der Waals surface area contributed by atoms with Crippen molar-refractivity contribution in [1.82, 2.24) is 23.3 Å². The number of allylic oxidation sites excluding steroid dienone is 1. The van der Waals surface area contributed by atoms with Gasteiger partial charge in [0.15, 0.2) is 0 Å². The Bertz CT molecular complexity index is 4290. The highest BCUT2D eigenvalue weighted by atomic mass is 15.1. The van der Waals surface area contributed by atoms with E-state index in [0.717, 1.165) is 65.3 Å². The minimum Gasteiger partial charge on any atom is -0.312 e. The molecular weight excluding hydrogens is 851 g/mol. The molecule has 0 amide bonds. The maximum atomic E-state index is 5.20. The summed E-state index contributed by atoms with van der Waals surface area (Å²) in [6, 6.07) is 77.7. The number of pyridine rings is 1. The fourth-order valence-electron chi connectivity index (χ4n) is 12.2. The van der Waals surface area contributed by atoms with E-state index in [2.05, 4.69) is 243 Å². The maximum absolute atomic E-state index is 5.20. The van der Waals surface area contributed by atoms with Gasteiger partial charge < -0.3 is 18.3 Å². The van der Waals surface area contributed by atoms with E-state index in [1.807, 2.05) is 0 Å². The van der Waals surface area contributed by atoms with Crippen molar-refractivity contribution in [3.8, 4) is 56.7 Å². The monoisotopic (exact) mass is 895 g/mol. The molecule has 0 saturated carbocycles. The smallest absolute Gasteiger partial charge is 0.0744 e. The van der Waals surface area contributed by atoms with Crippen LogP contribution in [-0.4, -0.2) is 23.3 Å². The fraction of sp³-hybridized carbons (Fsp3) is 0.0615. The third-order valence-electron chi connectivity index (χ3n) is 15.1. The van der Waals surface area contributed by atoms with Crippen molar-refractivity contribution < 1.29 is 0 Å². The van der Waals surface area contributed by atoms with Crippen molar-refractivity contribution in [2.24, 2.45) is 0 Å². The van der Waals surface area contributed by atoms with Crippen LogP contribution >= 0.6 is 0 Å². The molecule has 15 rings (SSSR count). The van der Waals surface area contributed by atoms with Crippen molar-refractivity contribution in [2.75, 3.05) is 0 Å². The van der Waals surface area contributed by atoms with Gasteiger partial charge in [-0.05, 0) is 116 Å². The topological polar surface area (TPSA) is 32.6 Å².